The Hall–Kier alpha value is -1.23. The molecule has 1 aromatic heterocycles. The minimum atomic E-state index is -0.214. The lowest BCUT2D eigenvalue weighted by molar-refractivity contribution is 0.572. The summed E-state index contributed by atoms with van der Waals surface area (Å²) in [6.45, 7) is 4.46. The largest absolute Gasteiger partial charge is 0.245 e. The van der Waals surface area contributed by atoms with Gasteiger partial charge in [-0.1, -0.05) is 29.8 Å². The van der Waals surface area contributed by atoms with Crippen LogP contribution in [0.1, 0.15) is 31.1 Å². The molecule has 96 valence electrons. The van der Waals surface area contributed by atoms with E-state index >= 15 is 0 Å². The molecule has 0 spiro atoms. The van der Waals surface area contributed by atoms with Crippen molar-refractivity contribution in [3.05, 3.63) is 45.7 Å². The molecule has 3 nitrogen and oxygen atoms in total. The van der Waals surface area contributed by atoms with Gasteiger partial charge < -0.3 is 0 Å². The standard InChI is InChI=1S/C13H15BrFN3/c1-3-12-16-13(4-2)18(17-12)8-9-7-10(14)5-6-11(9)15/h5-7H,3-4,8H2,1-2H3. The van der Waals surface area contributed by atoms with Crippen molar-refractivity contribution in [1.29, 1.82) is 0 Å². The number of rotatable bonds is 4. The maximum absolute atomic E-state index is 13.7. The van der Waals surface area contributed by atoms with Gasteiger partial charge in [-0.05, 0) is 18.2 Å². The summed E-state index contributed by atoms with van der Waals surface area (Å²) in [5, 5.41) is 4.39. The molecule has 0 aliphatic heterocycles. The molecule has 1 heterocycles. The maximum Gasteiger partial charge on any atom is 0.150 e. The van der Waals surface area contributed by atoms with Crippen molar-refractivity contribution in [1.82, 2.24) is 14.8 Å². The first-order chi connectivity index (χ1) is 8.63. The Morgan fingerprint density at radius 3 is 2.72 bits per heavy atom. The summed E-state index contributed by atoms with van der Waals surface area (Å²) in [7, 11) is 0. The Morgan fingerprint density at radius 2 is 2.06 bits per heavy atom. The first kappa shape index (κ1) is 13.2. The highest BCUT2D eigenvalue weighted by Gasteiger charge is 2.10. The van der Waals surface area contributed by atoms with Crippen molar-refractivity contribution in [3.8, 4) is 0 Å². The van der Waals surface area contributed by atoms with E-state index in [1.54, 1.807) is 16.8 Å². The van der Waals surface area contributed by atoms with Gasteiger partial charge in [0.1, 0.15) is 11.6 Å². The topological polar surface area (TPSA) is 30.7 Å². The molecule has 0 saturated heterocycles. The molecule has 0 fully saturated rings. The number of nitrogens with zero attached hydrogens (tertiary/aromatic N) is 3. The Kier molecular flexibility index (Phi) is 4.11. The van der Waals surface area contributed by atoms with E-state index in [0.717, 1.165) is 29.0 Å². The van der Waals surface area contributed by atoms with Crippen LogP contribution in [-0.2, 0) is 19.4 Å². The van der Waals surface area contributed by atoms with Crippen molar-refractivity contribution >= 4 is 15.9 Å². The Labute approximate surface area is 114 Å². The SMILES string of the molecule is CCc1nc(CC)n(Cc2cc(Br)ccc2F)n1. The fourth-order valence-electron chi connectivity index (χ4n) is 1.79. The zero-order valence-corrected chi connectivity index (χ0v) is 12.0. The van der Waals surface area contributed by atoms with E-state index in [1.807, 2.05) is 13.8 Å². The zero-order chi connectivity index (χ0) is 13.1. The van der Waals surface area contributed by atoms with Gasteiger partial charge in [-0.15, -0.1) is 0 Å². The van der Waals surface area contributed by atoms with Gasteiger partial charge in [0, 0.05) is 22.9 Å². The van der Waals surface area contributed by atoms with E-state index < -0.39 is 0 Å². The minimum absolute atomic E-state index is 0.214. The van der Waals surface area contributed by atoms with E-state index in [-0.39, 0.29) is 5.82 Å². The molecule has 5 heteroatoms. The number of hydrogen-bond acceptors (Lipinski definition) is 2. The monoisotopic (exact) mass is 311 g/mol. The van der Waals surface area contributed by atoms with Gasteiger partial charge in [0.2, 0.25) is 0 Å². The highest BCUT2D eigenvalue weighted by Crippen LogP contribution is 2.17. The number of hydrogen-bond donors (Lipinski definition) is 0. The summed E-state index contributed by atoms with van der Waals surface area (Å²) in [4.78, 5) is 4.41. The summed E-state index contributed by atoms with van der Waals surface area (Å²) in [5.74, 6) is 1.49. The first-order valence-corrected chi connectivity index (χ1v) is 6.79. The van der Waals surface area contributed by atoms with Gasteiger partial charge in [0.25, 0.3) is 0 Å². The van der Waals surface area contributed by atoms with Crippen molar-refractivity contribution in [2.75, 3.05) is 0 Å². The molecule has 0 radical (unpaired) electrons. The Morgan fingerprint density at radius 1 is 1.28 bits per heavy atom. The maximum atomic E-state index is 13.7. The summed E-state index contributed by atoms with van der Waals surface area (Å²) in [6, 6.07) is 4.93. The third-order valence-electron chi connectivity index (χ3n) is 2.75. The van der Waals surface area contributed by atoms with E-state index in [1.165, 1.54) is 6.07 Å². The molecule has 18 heavy (non-hydrogen) atoms. The molecular formula is C13H15BrFN3. The molecular weight excluding hydrogens is 297 g/mol. The van der Waals surface area contributed by atoms with Crippen molar-refractivity contribution in [2.45, 2.75) is 33.2 Å². The zero-order valence-electron chi connectivity index (χ0n) is 10.5. The van der Waals surface area contributed by atoms with E-state index in [0.29, 0.717) is 12.1 Å². The second-order valence-corrected chi connectivity index (χ2v) is 4.96. The van der Waals surface area contributed by atoms with Gasteiger partial charge in [0.05, 0.1) is 6.54 Å². The molecule has 0 atom stereocenters. The van der Waals surface area contributed by atoms with E-state index in [4.69, 9.17) is 0 Å². The molecule has 0 aliphatic rings. The second kappa shape index (κ2) is 5.61. The third-order valence-corrected chi connectivity index (χ3v) is 3.25. The molecule has 0 bridgehead atoms. The van der Waals surface area contributed by atoms with Crippen LogP contribution >= 0.6 is 15.9 Å². The predicted molar refractivity (Wildman–Crippen MR) is 72.0 cm³/mol. The average molecular weight is 312 g/mol. The fourth-order valence-corrected chi connectivity index (χ4v) is 2.20. The highest BCUT2D eigenvalue weighted by molar-refractivity contribution is 9.10. The van der Waals surface area contributed by atoms with Crippen molar-refractivity contribution in [2.24, 2.45) is 0 Å². The van der Waals surface area contributed by atoms with Crippen LogP contribution in [0.25, 0.3) is 0 Å². The summed E-state index contributed by atoms with van der Waals surface area (Å²) >= 11 is 3.35. The molecule has 2 aromatic rings. The second-order valence-electron chi connectivity index (χ2n) is 4.04. The third kappa shape index (κ3) is 2.77. The lowest BCUT2D eigenvalue weighted by atomic mass is 10.2. The van der Waals surface area contributed by atoms with Crippen LogP contribution in [0.5, 0.6) is 0 Å². The van der Waals surface area contributed by atoms with E-state index in [2.05, 4.69) is 26.0 Å². The number of halogens is 2. The normalized spacial score (nSPS) is 10.9. The molecule has 0 aliphatic carbocycles. The lowest BCUT2D eigenvalue weighted by Gasteiger charge is -2.06. The van der Waals surface area contributed by atoms with Gasteiger partial charge in [-0.2, -0.15) is 5.10 Å². The number of aromatic nitrogens is 3. The van der Waals surface area contributed by atoms with Crippen molar-refractivity contribution < 1.29 is 4.39 Å². The molecule has 0 N–H and O–H groups in total. The minimum Gasteiger partial charge on any atom is -0.245 e. The highest BCUT2D eigenvalue weighted by atomic mass is 79.9. The van der Waals surface area contributed by atoms with Crippen LogP contribution in [0.2, 0.25) is 0 Å². The summed E-state index contributed by atoms with van der Waals surface area (Å²) < 4.78 is 16.3. The Balaban J connectivity index is 2.32. The van der Waals surface area contributed by atoms with Crippen LogP contribution in [-0.4, -0.2) is 14.8 Å². The quantitative estimate of drug-likeness (QED) is 0.867. The van der Waals surface area contributed by atoms with Crippen LogP contribution in [0.15, 0.2) is 22.7 Å². The van der Waals surface area contributed by atoms with Gasteiger partial charge >= 0.3 is 0 Å². The van der Waals surface area contributed by atoms with Crippen LogP contribution in [0, 0.1) is 5.82 Å². The van der Waals surface area contributed by atoms with Crippen LogP contribution in [0.4, 0.5) is 4.39 Å². The molecule has 0 saturated carbocycles. The molecule has 0 unspecified atom stereocenters. The van der Waals surface area contributed by atoms with E-state index in [9.17, 15) is 4.39 Å². The van der Waals surface area contributed by atoms with Gasteiger partial charge in [0.15, 0.2) is 5.82 Å². The molecule has 1 aromatic carbocycles. The molecule has 2 rings (SSSR count). The number of aryl methyl sites for hydroxylation is 2. The van der Waals surface area contributed by atoms with Crippen molar-refractivity contribution in [3.63, 3.8) is 0 Å². The first-order valence-electron chi connectivity index (χ1n) is 6.00. The Bertz CT molecular complexity index is 551. The summed E-state index contributed by atoms with van der Waals surface area (Å²) in [6.07, 6.45) is 1.59. The molecule has 0 amide bonds. The lowest BCUT2D eigenvalue weighted by Crippen LogP contribution is -2.08. The number of benzene rings is 1. The van der Waals surface area contributed by atoms with Gasteiger partial charge in [-0.25, -0.2) is 14.1 Å². The average Bonchev–Trinajstić information content (AvgIpc) is 2.76. The van der Waals surface area contributed by atoms with Gasteiger partial charge in [-0.3, -0.25) is 0 Å². The van der Waals surface area contributed by atoms with Crippen LogP contribution in [0.3, 0.4) is 0 Å². The predicted octanol–water partition coefficient (Wildman–Crippen LogP) is 3.35. The van der Waals surface area contributed by atoms with Crippen LogP contribution < -0.4 is 0 Å². The fraction of sp³-hybridized carbons (Fsp3) is 0.385. The smallest absolute Gasteiger partial charge is 0.150 e. The summed E-state index contributed by atoms with van der Waals surface area (Å²) in [5.41, 5.74) is 0.617.